The SMILES string of the molecule is NCCC1CC2CCCCC2O1. The van der Waals surface area contributed by atoms with Crippen LogP contribution in [-0.2, 0) is 4.74 Å². The van der Waals surface area contributed by atoms with Gasteiger partial charge in [-0.1, -0.05) is 12.8 Å². The van der Waals surface area contributed by atoms with Crippen molar-refractivity contribution < 1.29 is 4.74 Å². The highest BCUT2D eigenvalue weighted by Gasteiger charge is 2.35. The topological polar surface area (TPSA) is 35.2 Å². The van der Waals surface area contributed by atoms with Crippen LogP contribution < -0.4 is 5.73 Å². The van der Waals surface area contributed by atoms with Crippen LogP contribution in [0.2, 0.25) is 0 Å². The number of hydrogen-bond acceptors (Lipinski definition) is 2. The molecule has 12 heavy (non-hydrogen) atoms. The van der Waals surface area contributed by atoms with Crippen molar-refractivity contribution in [3.05, 3.63) is 0 Å². The van der Waals surface area contributed by atoms with Crippen molar-refractivity contribution in [3.63, 3.8) is 0 Å². The van der Waals surface area contributed by atoms with E-state index in [9.17, 15) is 0 Å². The van der Waals surface area contributed by atoms with Gasteiger partial charge in [0.15, 0.2) is 0 Å². The fourth-order valence-corrected chi connectivity index (χ4v) is 2.63. The third-order valence-corrected chi connectivity index (χ3v) is 3.26. The maximum Gasteiger partial charge on any atom is 0.0608 e. The lowest BCUT2D eigenvalue weighted by Gasteiger charge is -2.23. The summed E-state index contributed by atoms with van der Waals surface area (Å²) in [5, 5.41) is 0. The molecule has 2 aliphatic rings. The molecule has 2 rings (SSSR count). The Kier molecular flexibility index (Phi) is 2.66. The van der Waals surface area contributed by atoms with Crippen LogP contribution in [0.3, 0.4) is 0 Å². The van der Waals surface area contributed by atoms with Gasteiger partial charge in [0.05, 0.1) is 12.2 Å². The van der Waals surface area contributed by atoms with Crippen molar-refractivity contribution in [1.29, 1.82) is 0 Å². The van der Waals surface area contributed by atoms with Gasteiger partial charge in [0.25, 0.3) is 0 Å². The minimum Gasteiger partial charge on any atom is -0.375 e. The van der Waals surface area contributed by atoms with Gasteiger partial charge >= 0.3 is 0 Å². The zero-order chi connectivity index (χ0) is 8.39. The van der Waals surface area contributed by atoms with E-state index in [2.05, 4.69) is 0 Å². The molecule has 3 unspecified atom stereocenters. The van der Waals surface area contributed by atoms with Gasteiger partial charge < -0.3 is 10.5 Å². The highest BCUT2D eigenvalue weighted by atomic mass is 16.5. The quantitative estimate of drug-likeness (QED) is 0.682. The van der Waals surface area contributed by atoms with Gasteiger partial charge in [-0.3, -0.25) is 0 Å². The van der Waals surface area contributed by atoms with E-state index in [0.29, 0.717) is 12.2 Å². The normalized spacial score (nSPS) is 41.2. The van der Waals surface area contributed by atoms with Crippen LogP contribution in [0.1, 0.15) is 38.5 Å². The lowest BCUT2D eigenvalue weighted by molar-refractivity contribution is 0.0168. The fraction of sp³-hybridized carbons (Fsp3) is 1.00. The number of rotatable bonds is 2. The van der Waals surface area contributed by atoms with E-state index in [-0.39, 0.29) is 0 Å². The molecule has 0 amide bonds. The molecule has 3 atom stereocenters. The van der Waals surface area contributed by atoms with Crippen LogP contribution >= 0.6 is 0 Å². The van der Waals surface area contributed by atoms with Gasteiger partial charge in [-0.2, -0.15) is 0 Å². The van der Waals surface area contributed by atoms with Crippen LogP contribution in [0.15, 0.2) is 0 Å². The zero-order valence-corrected chi connectivity index (χ0v) is 7.67. The Morgan fingerprint density at radius 2 is 2.08 bits per heavy atom. The lowest BCUT2D eigenvalue weighted by atomic mass is 9.85. The number of nitrogens with two attached hydrogens (primary N) is 1. The smallest absolute Gasteiger partial charge is 0.0608 e. The first-order valence-electron chi connectivity index (χ1n) is 5.25. The predicted octanol–water partition coefficient (Wildman–Crippen LogP) is 1.68. The summed E-state index contributed by atoms with van der Waals surface area (Å²) in [6.07, 6.45) is 8.90. The summed E-state index contributed by atoms with van der Waals surface area (Å²) >= 11 is 0. The maximum atomic E-state index is 5.93. The van der Waals surface area contributed by atoms with Crippen molar-refractivity contribution in [3.8, 4) is 0 Å². The minimum absolute atomic E-state index is 0.489. The molecule has 0 bridgehead atoms. The highest BCUT2D eigenvalue weighted by Crippen LogP contribution is 2.37. The van der Waals surface area contributed by atoms with Crippen molar-refractivity contribution in [2.24, 2.45) is 11.7 Å². The first-order chi connectivity index (χ1) is 5.90. The van der Waals surface area contributed by atoms with Crippen LogP contribution in [0.25, 0.3) is 0 Å². The molecule has 0 spiro atoms. The van der Waals surface area contributed by atoms with Crippen LogP contribution in [0.5, 0.6) is 0 Å². The standard InChI is InChI=1S/C10H19NO/c11-6-5-9-7-8-3-1-2-4-10(8)12-9/h8-10H,1-7,11H2. The summed E-state index contributed by atoms with van der Waals surface area (Å²) in [6, 6.07) is 0. The maximum absolute atomic E-state index is 5.93. The van der Waals surface area contributed by atoms with E-state index in [0.717, 1.165) is 18.9 Å². The second kappa shape index (κ2) is 3.75. The molecule has 2 N–H and O–H groups in total. The molecule has 1 aliphatic heterocycles. The summed E-state index contributed by atoms with van der Waals surface area (Å²) in [4.78, 5) is 0. The first kappa shape index (κ1) is 8.52. The molecule has 0 aromatic heterocycles. The average Bonchev–Trinajstić information content (AvgIpc) is 2.47. The summed E-state index contributed by atoms with van der Waals surface area (Å²) < 4.78 is 5.93. The van der Waals surface area contributed by atoms with E-state index < -0.39 is 0 Å². The monoisotopic (exact) mass is 169 g/mol. The Balaban J connectivity index is 1.85. The third-order valence-electron chi connectivity index (χ3n) is 3.26. The predicted molar refractivity (Wildman–Crippen MR) is 48.9 cm³/mol. The molecule has 1 aliphatic carbocycles. The molecular formula is C10H19NO. The molecule has 0 aromatic rings. The van der Waals surface area contributed by atoms with E-state index in [4.69, 9.17) is 10.5 Å². The van der Waals surface area contributed by atoms with Gasteiger partial charge in [-0.05, 0) is 38.1 Å². The molecule has 70 valence electrons. The summed E-state index contributed by atoms with van der Waals surface area (Å²) in [5.41, 5.74) is 5.52. The average molecular weight is 169 g/mol. The Morgan fingerprint density at radius 1 is 1.25 bits per heavy atom. The Morgan fingerprint density at radius 3 is 2.83 bits per heavy atom. The highest BCUT2D eigenvalue weighted by molar-refractivity contribution is 4.85. The van der Waals surface area contributed by atoms with Gasteiger partial charge in [0.2, 0.25) is 0 Å². The van der Waals surface area contributed by atoms with Crippen LogP contribution in [0.4, 0.5) is 0 Å². The molecule has 1 saturated heterocycles. The van der Waals surface area contributed by atoms with Crippen molar-refractivity contribution in [2.45, 2.75) is 50.7 Å². The minimum atomic E-state index is 0.489. The summed E-state index contributed by atoms with van der Waals surface area (Å²) in [6.45, 7) is 0.782. The van der Waals surface area contributed by atoms with E-state index in [1.165, 1.54) is 32.1 Å². The fourth-order valence-electron chi connectivity index (χ4n) is 2.63. The molecule has 1 saturated carbocycles. The van der Waals surface area contributed by atoms with Gasteiger partial charge in [0, 0.05) is 0 Å². The lowest BCUT2D eigenvalue weighted by Crippen LogP contribution is -2.20. The summed E-state index contributed by atoms with van der Waals surface area (Å²) in [5.74, 6) is 0.871. The molecule has 2 fully saturated rings. The molecular weight excluding hydrogens is 150 g/mol. The number of fused-ring (bicyclic) bond motifs is 1. The molecule has 0 radical (unpaired) electrons. The molecule has 2 heteroatoms. The van der Waals surface area contributed by atoms with Crippen molar-refractivity contribution in [2.75, 3.05) is 6.54 Å². The Bertz CT molecular complexity index is 135. The van der Waals surface area contributed by atoms with E-state index in [1.54, 1.807) is 0 Å². The van der Waals surface area contributed by atoms with Crippen molar-refractivity contribution in [1.82, 2.24) is 0 Å². The van der Waals surface area contributed by atoms with Crippen LogP contribution in [0, 0.1) is 5.92 Å². The van der Waals surface area contributed by atoms with E-state index in [1.807, 2.05) is 0 Å². The Hall–Kier alpha value is -0.0800. The first-order valence-corrected chi connectivity index (χ1v) is 5.25. The number of ether oxygens (including phenoxy) is 1. The van der Waals surface area contributed by atoms with Crippen LogP contribution in [-0.4, -0.2) is 18.8 Å². The zero-order valence-electron chi connectivity index (χ0n) is 7.67. The van der Waals surface area contributed by atoms with Gasteiger partial charge in [-0.25, -0.2) is 0 Å². The second-order valence-electron chi connectivity index (χ2n) is 4.15. The van der Waals surface area contributed by atoms with Gasteiger partial charge in [0.1, 0.15) is 0 Å². The van der Waals surface area contributed by atoms with Gasteiger partial charge in [-0.15, -0.1) is 0 Å². The molecule has 2 nitrogen and oxygen atoms in total. The molecule has 0 aromatic carbocycles. The number of hydrogen-bond donors (Lipinski definition) is 1. The summed E-state index contributed by atoms with van der Waals surface area (Å²) in [7, 11) is 0. The largest absolute Gasteiger partial charge is 0.375 e. The Labute approximate surface area is 74.5 Å². The molecule has 1 heterocycles. The third kappa shape index (κ3) is 1.64. The van der Waals surface area contributed by atoms with E-state index >= 15 is 0 Å². The van der Waals surface area contributed by atoms with Crippen molar-refractivity contribution >= 4 is 0 Å². The second-order valence-corrected chi connectivity index (χ2v) is 4.15.